The number of aromatic nitrogens is 4. The topological polar surface area (TPSA) is 93.2 Å². The van der Waals surface area contributed by atoms with Gasteiger partial charge in [-0.05, 0) is 63.4 Å². The molecule has 0 radical (unpaired) electrons. The fourth-order valence-corrected chi connectivity index (χ4v) is 6.57. The Morgan fingerprint density at radius 2 is 1.73 bits per heavy atom. The van der Waals surface area contributed by atoms with Gasteiger partial charge in [-0.1, -0.05) is 38.6 Å². The lowest BCUT2D eigenvalue weighted by Crippen LogP contribution is -2.45. The molecule has 3 aromatic rings. The minimum Gasteiger partial charge on any atom is -0.368 e. The van der Waals surface area contributed by atoms with Crippen molar-refractivity contribution in [2.24, 2.45) is 5.92 Å². The average molecular weight is 522 g/mol. The molecule has 0 bridgehead atoms. The highest BCUT2D eigenvalue weighted by molar-refractivity contribution is 8.00. The summed E-state index contributed by atoms with van der Waals surface area (Å²) >= 11 is 1.84. The summed E-state index contributed by atoms with van der Waals surface area (Å²) in [6, 6.07) is 6.94. The molecule has 2 aliphatic rings. The van der Waals surface area contributed by atoms with E-state index in [1.807, 2.05) is 11.8 Å². The Balaban J connectivity index is 1.19. The van der Waals surface area contributed by atoms with E-state index in [2.05, 4.69) is 70.2 Å². The number of imidazole rings is 1. The van der Waals surface area contributed by atoms with E-state index in [0.29, 0.717) is 17.9 Å². The first kappa shape index (κ1) is 26.0. The van der Waals surface area contributed by atoms with Crippen LogP contribution in [0.4, 0.5) is 5.95 Å². The van der Waals surface area contributed by atoms with E-state index < -0.39 is 0 Å². The molecule has 2 N–H and O–H groups in total. The van der Waals surface area contributed by atoms with Crippen LogP contribution in [0.5, 0.6) is 0 Å². The normalized spacial score (nSPS) is 18.5. The van der Waals surface area contributed by atoms with Crippen molar-refractivity contribution in [3.05, 3.63) is 41.7 Å². The molecule has 4 heterocycles. The molecule has 0 atom stereocenters. The minimum atomic E-state index is 0.0839. The van der Waals surface area contributed by atoms with Gasteiger partial charge >= 0.3 is 0 Å². The number of nitrogen functional groups attached to an aromatic ring is 1. The number of fused-ring (bicyclic) bond motifs is 1. The lowest BCUT2D eigenvalue weighted by molar-refractivity contribution is -0.138. The van der Waals surface area contributed by atoms with Gasteiger partial charge in [0.1, 0.15) is 0 Å². The number of hydrogen-bond acceptors (Lipinski definition) is 7. The van der Waals surface area contributed by atoms with Gasteiger partial charge in [-0.15, -0.1) is 0 Å². The van der Waals surface area contributed by atoms with Crippen molar-refractivity contribution >= 4 is 34.7 Å². The van der Waals surface area contributed by atoms with E-state index >= 15 is 0 Å². The van der Waals surface area contributed by atoms with Gasteiger partial charge in [0.2, 0.25) is 11.9 Å². The standard InChI is InChI=1S/C28H39N7OS/c1-19-5-6-24-23(15-19)32-27(37-28(2,3)4)35(24)22-9-13-34(14-10-22)25(36)21-7-11-33(12-8-21)18-20-16-30-26(29)31-17-20/h5-6,15-17,21-22H,7-14,18H2,1-4H3,(H2,29,30,31). The van der Waals surface area contributed by atoms with Crippen LogP contribution in [-0.4, -0.2) is 66.2 Å². The summed E-state index contributed by atoms with van der Waals surface area (Å²) in [6.07, 6.45) is 7.34. The van der Waals surface area contributed by atoms with Crippen molar-refractivity contribution in [3.63, 3.8) is 0 Å². The molecular formula is C28H39N7OS. The Morgan fingerprint density at radius 1 is 1.05 bits per heavy atom. The second kappa shape index (κ2) is 10.6. The molecule has 0 aliphatic carbocycles. The van der Waals surface area contributed by atoms with Gasteiger partial charge < -0.3 is 15.2 Å². The lowest BCUT2D eigenvalue weighted by atomic mass is 9.93. The van der Waals surface area contributed by atoms with E-state index in [0.717, 1.165) is 74.6 Å². The van der Waals surface area contributed by atoms with Crippen molar-refractivity contribution < 1.29 is 4.79 Å². The fraction of sp³-hybridized carbons (Fsp3) is 0.571. The predicted molar refractivity (Wildman–Crippen MR) is 149 cm³/mol. The van der Waals surface area contributed by atoms with E-state index in [-0.39, 0.29) is 10.7 Å². The van der Waals surface area contributed by atoms with Crippen LogP contribution in [0.1, 0.15) is 63.6 Å². The number of anilines is 1. The molecule has 2 fully saturated rings. The van der Waals surface area contributed by atoms with Crippen molar-refractivity contribution in [2.75, 3.05) is 31.9 Å². The molecule has 0 spiro atoms. The number of carbonyl (C=O) groups excluding carboxylic acids is 1. The summed E-state index contributed by atoms with van der Waals surface area (Å²) in [7, 11) is 0. The van der Waals surface area contributed by atoms with Crippen LogP contribution in [0.25, 0.3) is 11.0 Å². The number of nitrogens with zero attached hydrogens (tertiary/aromatic N) is 6. The lowest BCUT2D eigenvalue weighted by Gasteiger charge is -2.38. The van der Waals surface area contributed by atoms with Crippen molar-refractivity contribution in [3.8, 4) is 0 Å². The molecule has 0 unspecified atom stereocenters. The van der Waals surface area contributed by atoms with Gasteiger partial charge in [0.25, 0.3) is 0 Å². The average Bonchev–Trinajstić information content (AvgIpc) is 3.20. The SMILES string of the molecule is Cc1ccc2c(c1)nc(SC(C)(C)C)n2C1CCN(C(=O)C2CCN(Cc3cnc(N)nc3)CC2)CC1. The van der Waals surface area contributed by atoms with Gasteiger partial charge in [-0.3, -0.25) is 9.69 Å². The Labute approximate surface area is 224 Å². The highest BCUT2D eigenvalue weighted by Gasteiger charge is 2.33. The number of aryl methyl sites for hydroxylation is 1. The maximum Gasteiger partial charge on any atom is 0.225 e. The third-order valence-electron chi connectivity index (χ3n) is 7.42. The van der Waals surface area contributed by atoms with E-state index in [9.17, 15) is 4.79 Å². The monoisotopic (exact) mass is 521 g/mol. The Bertz CT molecular complexity index is 1230. The van der Waals surface area contributed by atoms with Crippen LogP contribution in [0.15, 0.2) is 35.7 Å². The number of likely N-dealkylation sites (tertiary alicyclic amines) is 2. The zero-order valence-corrected chi connectivity index (χ0v) is 23.3. The highest BCUT2D eigenvalue weighted by atomic mass is 32.2. The van der Waals surface area contributed by atoms with Gasteiger partial charge in [0, 0.05) is 54.3 Å². The zero-order chi connectivity index (χ0) is 26.2. The largest absolute Gasteiger partial charge is 0.368 e. The minimum absolute atomic E-state index is 0.0839. The molecule has 8 nitrogen and oxygen atoms in total. The fourth-order valence-electron chi connectivity index (χ4n) is 5.53. The van der Waals surface area contributed by atoms with Crippen molar-refractivity contribution in [1.29, 1.82) is 0 Å². The molecule has 5 rings (SSSR count). The number of hydrogen-bond donors (Lipinski definition) is 1. The van der Waals surface area contributed by atoms with Gasteiger partial charge in [-0.25, -0.2) is 15.0 Å². The number of piperidine rings is 2. The van der Waals surface area contributed by atoms with Gasteiger partial charge in [0.15, 0.2) is 5.16 Å². The van der Waals surface area contributed by atoms with Crippen LogP contribution in [0.3, 0.4) is 0 Å². The predicted octanol–water partition coefficient (Wildman–Crippen LogP) is 4.68. The molecule has 2 aliphatic heterocycles. The number of benzene rings is 1. The van der Waals surface area contributed by atoms with Gasteiger partial charge in [0.05, 0.1) is 11.0 Å². The van der Waals surface area contributed by atoms with Gasteiger partial charge in [-0.2, -0.15) is 0 Å². The summed E-state index contributed by atoms with van der Waals surface area (Å²) in [6.45, 7) is 13.1. The summed E-state index contributed by atoms with van der Waals surface area (Å²) in [5.41, 5.74) is 10.2. The smallest absolute Gasteiger partial charge is 0.225 e. The van der Waals surface area contributed by atoms with Crippen LogP contribution in [0, 0.1) is 12.8 Å². The highest BCUT2D eigenvalue weighted by Crippen LogP contribution is 2.38. The number of amides is 1. The van der Waals surface area contributed by atoms with E-state index in [1.54, 1.807) is 12.4 Å². The first-order chi connectivity index (χ1) is 17.7. The number of nitrogens with two attached hydrogens (primary N) is 1. The van der Waals surface area contributed by atoms with E-state index in [4.69, 9.17) is 10.7 Å². The third-order valence-corrected chi connectivity index (χ3v) is 8.50. The maximum atomic E-state index is 13.4. The molecule has 0 saturated carbocycles. The maximum absolute atomic E-state index is 13.4. The molecule has 2 aromatic heterocycles. The van der Waals surface area contributed by atoms with Crippen molar-refractivity contribution in [1.82, 2.24) is 29.3 Å². The summed E-state index contributed by atoms with van der Waals surface area (Å²) in [4.78, 5) is 31.1. The molecular weight excluding hydrogens is 482 g/mol. The molecule has 37 heavy (non-hydrogen) atoms. The molecule has 2 saturated heterocycles. The number of thioether (sulfide) groups is 1. The number of rotatable bonds is 5. The van der Waals surface area contributed by atoms with Crippen LogP contribution >= 0.6 is 11.8 Å². The Morgan fingerprint density at radius 3 is 2.38 bits per heavy atom. The first-order valence-corrected chi connectivity index (χ1v) is 14.2. The second-order valence-electron chi connectivity index (χ2n) is 11.5. The molecule has 198 valence electrons. The molecule has 1 amide bonds. The van der Waals surface area contributed by atoms with Crippen LogP contribution in [-0.2, 0) is 11.3 Å². The Hall–Kier alpha value is -2.65. The van der Waals surface area contributed by atoms with Crippen molar-refractivity contribution in [2.45, 2.75) is 75.9 Å². The zero-order valence-electron chi connectivity index (χ0n) is 22.5. The quantitative estimate of drug-likeness (QED) is 0.487. The summed E-state index contributed by atoms with van der Waals surface area (Å²) < 4.78 is 2.53. The number of carbonyl (C=O) groups is 1. The van der Waals surface area contributed by atoms with E-state index in [1.165, 1.54) is 11.1 Å². The second-order valence-corrected chi connectivity index (χ2v) is 13.3. The first-order valence-electron chi connectivity index (χ1n) is 13.4. The molecule has 9 heteroatoms. The van der Waals surface area contributed by atoms with Crippen LogP contribution < -0.4 is 5.73 Å². The molecule has 1 aromatic carbocycles. The van der Waals surface area contributed by atoms with Crippen LogP contribution in [0.2, 0.25) is 0 Å². The Kier molecular flexibility index (Phi) is 7.45. The third kappa shape index (κ3) is 6.09. The summed E-state index contributed by atoms with van der Waals surface area (Å²) in [5.74, 6) is 0.765. The summed E-state index contributed by atoms with van der Waals surface area (Å²) in [5, 5.41) is 1.09.